The summed E-state index contributed by atoms with van der Waals surface area (Å²) in [5.41, 5.74) is 0.766. The molecular formula is C11H15Cl2NO2S. The van der Waals surface area contributed by atoms with Gasteiger partial charge < -0.3 is 0 Å². The maximum absolute atomic E-state index is 11.5. The number of nitrogens with one attached hydrogen (secondary N) is 1. The monoisotopic (exact) mass is 295 g/mol. The molecule has 0 radical (unpaired) electrons. The minimum Gasteiger partial charge on any atom is -0.215 e. The van der Waals surface area contributed by atoms with Crippen LogP contribution >= 0.6 is 23.2 Å². The fourth-order valence-corrected chi connectivity index (χ4v) is 2.56. The van der Waals surface area contributed by atoms with Gasteiger partial charge in [0.2, 0.25) is 10.0 Å². The zero-order valence-corrected chi connectivity index (χ0v) is 12.0. The molecule has 0 unspecified atom stereocenters. The van der Waals surface area contributed by atoms with E-state index in [2.05, 4.69) is 4.72 Å². The van der Waals surface area contributed by atoms with Crippen molar-refractivity contribution in [3.8, 4) is 0 Å². The lowest BCUT2D eigenvalue weighted by Gasteiger charge is -2.10. The van der Waals surface area contributed by atoms with E-state index < -0.39 is 15.3 Å². The molecule has 6 heteroatoms. The van der Waals surface area contributed by atoms with Crippen molar-refractivity contribution >= 4 is 33.2 Å². The minimum absolute atomic E-state index is 0.296. The molecule has 1 rings (SSSR count). The summed E-state index contributed by atoms with van der Waals surface area (Å²) in [7, 11) is -3.23. The molecule has 0 aliphatic carbocycles. The second-order valence-electron chi connectivity index (χ2n) is 3.94. The third-order valence-corrected chi connectivity index (χ3v) is 4.92. The second-order valence-corrected chi connectivity index (χ2v) is 7.07. The Kier molecular flexibility index (Phi) is 5.25. The van der Waals surface area contributed by atoms with Gasteiger partial charge in [-0.15, -0.1) is 0 Å². The molecule has 1 N–H and O–H groups in total. The highest BCUT2D eigenvalue weighted by Gasteiger charge is 2.15. The van der Waals surface area contributed by atoms with Crippen molar-refractivity contribution in [2.24, 2.45) is 0 Å². The van der Waals surface area contributed by atoms with Gasteiger partial charge in [-0.2, -0.15) is 0 Å². The van der Waals surface area contributed by atoms with Gasteiger partial charge in [-0.05, 0) is 38.0 Å². The number of hydrogen-bond donors (Lipinski definition) is 1. The zero-order valence-electron chi connectivity index (χ0n) is 9.70. The van der Waals surface area contributed by atoms with E-state index in [4.69, 9.17) is 23.2 Å². The Hall–Kier alpha value is -0.290. The number of halogens is 2. The van der Waals surface area contributed by atoms with E-state index >= 15 is 0 Å². The van der Waals surface area contributed by atoms with Crippen molar-refractivity contribution in [3.05, 3.63) is 33.8 Å². The molecule has 0 saturated heterocycles. The maximum Gasteiger partial charge on any atom is 0.213 e. The Labute approximate surface area is 112 Å². The normalized spacial score (nSPS) is 12.1. The number of rotatable bonds is 5. The van der Waals surface area contributed by atoms with Gasteiger partial charge in [0.1, 0.15) is 0 Å². The van der Waals surface area contributed by atoms with E-state index in [1.165, 1.54) is 0 Å². The van der Waals surface area contributed by atoms with E-state index in [9.17, 15) is 8.42 Å². The van der Waals surface area contributed by atoms with Gasteiger partial charge in [-0.1, -0.05) is 29.3 Å². The van der Waals surface area contributed by atoms with Crippen LogP contribution in [0.4, 0.5) is 0 Å². The van der Waals surface area contributed by atoms with Gasteiger partial charge in [0.15, 0.2) is 0 Å². The molecule has 96 valence electrons. The molecule has 0 aromatic heterocycles. The van der Waals surface area contributed by atoms with Crippen LogP contribution in [0.3, 0.4) is 0 Å². The van der Waals surface area contributed by atoms with Crippen molar-refractivity contribution in [1.82, 2.24) is 4.72 Å². The SMILES string of the molecule is CC(C)S(=O)(=O)NCCc1c(Cl)cccc1Cl. The van der Waals surface area contributed by atoms with Gasteiger partial charge in [-0.25, -0.2) is 13.1 Å². The zero-order chi connectivity index (χ0) is 13.1. The van der Waals surface area contributed by atoms with Crippen LogP contribution in [0.5, 0.6) is 0 Å². The summed E-state index contributed by atoms with van der Waals surface area (Å²) in [6, 6.07) is 5.23. The van der Waals surface area contributed by atoms with E-state index in [1.54, 1.807) is 32.0 Å². The fraction of sp³-hybridized carbons (Fsp3) is 0.455. The van der Waals surface area contributed by atoms with Crippen LogP contribution in [-0.4, -0.2) is 20.2 Å². The summed E-state index contributed by atoms with van der Waals surface area (Å²) in [5.74, 6) is 0. The van der Waals surface area contributed by atoms with Crippen molar-refractivity contribution < 1.29 is 8.42 Å². The Morgan fingerprint density at radius 3 is 2.24 bits per heavy atom. The quantitative estimate of drug-likeness (QED) is 0.908. The number of sulfonamides is 1. The van der Waals surface area contributed by atoms with Crippen molar-refractivity contribution in [2.45, 2.75) is 25.5 Å². The Bertz CT molecular complexity index is 466. The van der Waals surface area contributed by atoms with Gasteiger partial charge >= 0.3 is 0 Å². The first-order chi connectivity index (χ1) is 7.84. The smallest absolute Gasteiger partial charge is 0.213 e. The fourth-order valence-electron chi connectivity index (χ4n) is 1.26. The van der Waals surface area contributed by atoms with Gasteiger partial charge in [0, 0.05) is 16.6 Å². The van der Waals surface area contributed by atoms with Gasteiger partial charge in [0.05, 0.1) is 5.25 Å². The first-order valence-electron chi connectivity index (χ1n) is 5.26. The summed E-state index contributed by atoms with van der Waals surface area (Å²) < 4.78 is 25.5. The molecule has 0 heterocycles. The summed E-state index contributed by atoms with van der Waals surface area (Å²) >= 11 is 12.0. The van der Waals surface area contributed by atoms with Crippen LogP contribution in [0.25, 0.3) is 0 Å². The minimum atomic E-state index is -3.23. The lowest BCUT2D eigenvalue weighted by molar-refractivity contribution is 0.572. The van der Waals surface area contributed by atoms with Crippen LogP contribution < -0.4 is 4.72 Å². The number of hydrogen-bond acceptors (Lipinski definition) is 2. The Morgan fingerprint density at radius 2 is 1.76 bits per heavy atom. The van der Waals surface area contributed by atoms with E-state index in [0.717, 1.165) is 5.56 Å². The summed E-state index contributed by atoms with van der Waals surface area (Å²) in [6.07, 6.45) is 0.477. The third kappa shape index (κ3) is 4.14. The third-order valence-electron chi connectivity index (χ3n) is 2.36. The average molecular weight is 296 g/mol. The van der Waals surface area contributed by atoms with Gasteiger partial charge in [-0.3, -0.25) is 0 Å². The van der Waals surface area contributed by atoms with Crippen LogP contribution in [0.15, 0.2) is 18.2 Å². The molecule has 0 aliphatic rings. The molecule has 0 aliphatic heterocycles. The molecule has 0 atom stereocenters. The highest BCUT2D eigenvalue weighted by atomic mass is 35.5. The Balaban J connectivity index is 2.64. The van der Waals surface area contributed by atoms with E-state index in [0.29, 0.717) is 23.0 Å². The van der Waals surface area contributed by atoms with Crippen molar-refractivity contribution in [2.75, 3.05) is 6.54 Å². The van der Waals surface area contributed by atoms with Crippen LogP contribution in [0.2, 0.25) is 10.0 Å². The molecule has 17 heavy (non-hydrogen) atoms. The molecule has 0 bridgehead atoms. The Morgan fingerprint density at radius 1 is 1.24 bits per heavy atom. The molecule has 0 spiro atoms. The van der Waals surface area contributed by atoms with E-state index in [-0.39, 0.29) is 0 Å². The molecule has 1 aromatic carbocycles. The number of benzene rings is 1. The van der Waals surface area contributed by atoms with E-state index in [1.807, 2.05) is 0 Å². The van der Waals surface area contributed by atoms with Crippen molar-refractivity contribution in [1.29, 1.82) is 0 Å². The molecule has 0 fully saturated rings. The maximum atomic E-state index is 11.5. The molecule has 0 saturated carbocycles. The molecule has 3 nitrogen and oxygen atoms in total. The lowest BCUT2D eigenvalue weighted by Crippen LogP contribution is -2.32. The van der Waals surface area contributed by atoms with Gasteiger partial charge in [0.25, 0.3) is 0 Å². The largest absolute Gasteiger partial charge is 0.215 e. The van der Waals surface area contributed by atoms with Crippen LogP contribution in [0, 0.1) is 0 Å². The predicted octanol–water partition coefficient (Wildman–Crippen LogP) is 2.86. The van der Waals surface area contributed by atoms with Crippen LogP contribution in [0.1, 0.15) is 19.4 Å². The molecule has 1 aromatic rings. The topological polar surface area (TPSA) is 46.2 Å². The highest BCUT2D eigenvalue weighted by Crippen LogP contribution is 2.24. The predicted molar refractivity (Wildman–Crippen MR) is 72.2 cm³/mol. The average Bonchev–Trinajstić information content (AvgIpc) is 2.22. The summed E-state index contributed by atoms with van der Waals surface area (Å²) in [5, 5.41) is 0.673. The summed E-state index contributed by atoms with van der Waals surface area (Å²) in [6.45, 7) is 3.56. The standard InChI is InChI=1S/C11H15Cl2NO2S/c1-8(2)17(15,16)14-7-6-9-10(12)4-3-5-11(9)13/h3-5,8,14H,6-7H2,1-2H3. The lowest BCUT2D eigenvalue weighted by atomic mass is 10.1. The van der Waals surface area contributed by atoms with Crippen molar-refractivity contribution in [3.63, 3.8) is 0 Å². The summed E-state index contributed by atoms with van der Waals surface area (Å²) in [4.78, 5) is 0. The highest BCUT2D eigenvalue weighted by molar-refractivity contribution is 7.90. The first kappa shape index (κ1) is 14.8. The second kappa shape index (κ2) is 6.05. The first-order valence-corrected chi connectivity index (χ1v) is 7.56. The van der Waals surface area contributed by atoms with Crippen LogP contribution in [-0.2, 0) is 16.4 Å². The molecule has 0 amide bonds. The molecular weight excluding hydrogens is 281 g/mol.